The van der Waals surface area contributed by atoms with Crippen LogP contribution in [0.2, 0.25) is 0 Å². The fourth-order valence-electron chi connectivity index (χ4n) is 2.98. The standard InChI is InChI=1S/C22H19N3O4S3/c1-14-9-10-15(24-21(26)19-13-23-22(31-19)18-8-5-11-30-18)12-20(14)32(27,28)25-16-6-3-4-7-17(16)29-2/h3-13,25H,1-2H3,(H,24,26). The molecule has 0 atom stereocenters. The number of nitrogens with zero attached hydrogens (tertiary/aromatic N) is 1. The van der Waals surface area contributed by atoms with Crippen molar-refractivity contribution < 1.29 is 17.9 Å². The number of methoxy groups -OCH3 is 1. The van der Waals surface area contributed by atoms with Crippen molar-refractivity contribution in [1.29, 1.82) is 0 Å². The number of anilines is 2. The Bertz CT molecular complexity index is 1360. The summed E-state index contributed by atoms with van der Waals surface area (Å²) < 4.78 is 33.9. The zero-order valence-electron chi connectivity index (χ0n) is 17.2. The lowest BCUT2D eigenvalue weighted by Crippen LogP contribution is -2.16. The van der Waals surface area contributed by atoms with E-state index in [9.17, 15) is 13.2 Å². The summed E-state index contributed by atoms with van der Waals surface area (Å²) in [6, 6.07) is 15.4. The molecule has 0 fully saturated rings. The first kappa shape index (κ1) is 22.0. The molecule has 2 aromatic carbocycles. The number of sulfonamides is 1. The number of carbonyl (C=O) groups excluding carboxylic acids is 1. The van der Waals surface area contributed by atoms with E-state index < -0.39 is 10.0 Å². The van der Waals surface area contributed by atoms with Crippen molar-refractivity contribution in [3.8, 4) is 15.6 Å². The number of aryl methyl sites for hydroxylation is 1. The number of thiophene rings is 1. The number of nitrogens with one attached hydrogen (secondary N) is 2. The van der Waals surface area contributed by atoms with Gasteiger partial charge >= 0.3 is 0 Å². The molecule has 2 heterocycles. The fourth-order valence-corrected chi connectivity index (χ4v) is 5.94. The Kier molecular flexibility index (Phi) is 6.26. The van der Waals surface area contributed by atoms with Crippen LogP contribution in [0.15, 0.2) is 71.1 Å². The maximum atomic E-state index is 13.0. The number of benzene rings is 2. The van der Waals surface area contributed by atoms with Crippen LogP contribution in [-0.2, 0) is 10.0 Å². The quantitative estimate of drug-likeness (QED) is 0.373. The highest BCUT2D eigenvalue weighted by molar-refractivity contribution is 7.92. The summed E-state index contributed by atoms with van der Waals surface area (Å²) in [5.74, 6) is 0.0557. The van der Waals surface area contributed by atoms with Crippen LogP contribution in [0, 0.1) is 6.92 Å². The highest BCUT2D eigenvalue weighted by atomic mass is 32.2. The molecule has 164 valence electrons. The van der Waals surface area contributed by atoms with Gasteiger partial charge in [-0.15, -0.1) is 22.7 Å². The Morgan fingerprint density at radius 2 is 1.91 bits per heavy atom. The van der Waals surface area contributed by atoms with Crippen LogP contribution in [0.1, 0.15) is 15.2 Å². The zero-order chi connectivity index (χ0) is 22.7. The number of ether oxygens (including phenoxy) is 1. The zero-order valence-corrected chi connectivity index (χ0v) is 19.6. The Labute approximate surface area is 193 Å². The van der Waals surface area contributed by atoms with Crippen LogP contribution in [0.5, 0.6) is 5.75 Å². The summed E-state index contributed by atoms with van der Waals surface area (Å²) in [6.07, 6.45) is 1.52. The van der Waals surface area contributed by atoms with Crippen molar-refractivity contribution in [2.24, 2.45) is 0 Å². The molecule has 4 rings (SSSR count). The minimum Gasteiger partial charge on any atom is -0.495 e. The second-order valence-corrected chi connectivity index (χ2v) is 10.4. The Hall–Kier alpha value is -3.21. The van der Waals surface area contributed by atoms with E-state index in [1.54, 1.807) is 54.7 Å². The summed E-state index contributed by atoms with van der Waals surface area (Å²) in [4.78, 5) is 18.5. The van der Waals surface area contributed by atoms with Gasteiger partial charge in [-0.2, -0.15) is 0 Å². The lowest BCUT2D eigenvalue weighted by atomic mass is 10.2. The summed E-state index contributed by atoms with van der Waals surface area (Å²) in [7, 11) is -2.44. The van der Waals surface area contributed by atoms with E-state index in [1.165, 1.54) is 30.7 Å². The maximum absolute atomic E-state index is 13.0. The summed E-state index contributed by atoms with van der Waals surface area (Å²) >= 11 is 2.83. The number of rotatable bonds is 7. The molecule has 32 heavy (non-hydrogen) atoms. The lowest BCUT2D eigenvalue weighted by Gasteiger charge is -2.14. The van der Waals surface area contributed by atoms with E-state index in [-0.39, 0.29) is 10.8 Å². The molecule has 2 N–H and O–H groups in total. The molecule has 0 aliphatic heterocycles. The molecular formula is C22H19N3O4S3. The maximum Gasteiger partial charge on any atom is 0.267 e. The number of thiazole rings is 1. The SMILES string of the molecule is COc1ccccc1NS(=O)(=O)c1cc(NC(=O)c2cnc(-c3cccs3)s2)ccc1C. The molecule has 0 radical (unpaired) electrons. The highest BCUT2D eigenvalue weighted by Crippen LogP contribution is 2.30. The van der Waals surface area contributed by atoms with Gasteiger partial charge in [0.25, 0.3) is 15.9 Å². The van der Waals surface area contributed by atoms with Gasteiger partial charge in [-0.25, -0.2) is 13.4 Å². The van der Waals surface area contributed by atoms with Crippen LogP contribution in [0.3, 0.4) is 0 Å². The van der Waals surface area contributed by atoms with Crippen LogP contribution < -0.4 is 14.8 Å². The smallest absolute Gasteiger partial charge is 0.267 e. The minimum absolute atomic E-state index is 0.0600. The van der Waals surface area contributed by atoms with E-state index in [1.807, 2.05) is 17.5 Å². The normalized spacial score (nSPS) is 11.2. The average molecular weight is 486 g/mol. The van der Waals surface area contributed by atoms with Crippen molar-refractivity contribution in [3.05, 3.63) is 76.6 Å². The fraction of sp³-hybridized carbons (Fsp3) is 0.0909. The van der Waals surface area contributed by atoms with E-state index in [2.05, 4.69) is 15.0 Å². The molecule has 0 saturated carbocycles. The molecule has 0 bridgehead atoms. The number of carbonyl (C=O) groups is 1. The predicted octanol–water partition coefficient (Wildman–Crippen LogP) is 5.24. The Balaban J connectivity index is 1.56. The van der Waals surface area contributed by atoms with Crippen LogP contribution in [0.4, 0.5) is 11.4 Å². The molecule has 0 aliphatic rings. The van der Waals surface area contributed by atoms with E-state index in [4.69, 9.17) is 4.74 Å². The largest absolute Gasteiger partial charge is 0.495 e. The third kappa shape index (κ3) is 4.67. The third-order valence-electron chi connectivity index (χ3n) is 4.55. The summed E-state index contributed by atoms with van der Waals surface area (Å²) in [5.41, 5.74) is 1.24. The van der Waals surface area contributed by atoms with Crippen molar-refractivity contribution in [1.82, 2.24) is 4.98 Å². The van der Waals surface area contributed by atoms with Crippen molar-refractivity contribution in [2.75, 3.05) is 17.1 Å². The molecule has 1 amide bonds. The number of amides is 1. The van der Waals surface area contributed by atoms with Crippen LogP contribution in [-0.4, -0.2) is 26.4 Å². The third-order valence-corrected chi connectivity index (χ3v) is 8.09. The van der Waals surface area contributed by atoms with Gasteiger partial charge < -0.3 is 10.1 Å². The Morgan fingerprint density at radius 1 is 1.09 bits per heavy atom. The molecule has 0 aliphatic carbocycles. The molecule has 0 saturated heterocycles. The number of hydrogen-bond donors (Lipinski definition) is 2. The molecule has 10 heteroatoms. The van der Waals surface area contributed by atoms with Crippen molar-refractivity contribution in [3.63, 3.8) is 0 Å². The first-order valence-corrected chi connectivity index (χ1v) is 12.6. The van der Waals surface area contributed by atoms with Gasteiger partial charge in [-0.1, -0.05) is 24.3 Å². The number of para-hydroxylation sites is 2. The van der Waals surface area contributed by atoms with E-state index >= 15 is 0 Å². The van der Waals surface area contributed by atoms with Crippen LogP contribution >= 0.6 is 22.7 Å². The molecule has 7 nitrogen and oxygen atoms in total. The second kappa shape index (κ2) is 9.11. The monoisotopic (exact) mass is 485 g/mol. The number of hydrogen-bond acceptors (Lipinski definition) is 7. The van der Waals surface area contributed by atoms with E-state index in [0.717, 1.165) is 9.88 Å². The molecule has 2 aromatic heterocycles. The predicted molar refractivity (Wildman–Crippen MR) is 128 cm³/mol. The lowest BCUT2D eigenvalue weighted by molar-refractivity contribution is 0.103. The summed E-state index contributed by atoms with van der Waals surface area (Å²) in [5, 5.41) is 5.47. The van der Waals surface area contributed by atoms with Gasteiger partial charge in [0, 0.05) is 5.69 Å². The topological polar surface area (TPSA) is 97.4 Å². The first-order chi connectivity index (χ1) is 15.4. The van der Waals surface area contributed by atoms with Gasteiger partial charge in [-0.3, -0.25) is 9.52 Å². The minimum atomic E-state index is -3.91. The van der Waals surface area contributed by atoms with Crippen molar-refractivity contribution in [2.45, 2.75) is 11.8 Å². The molecule has 4 aromatic rings. The Morgan fingerprint density at radius 3 is 2.66 bits per heavy atom. The van der Waals surface area contributed by atoms with Gasteiger partial charge in [0.15, 0.2) is 0 Å². The van der Waals surface area contributed by atoms with Gasteiger partial charge in [0.05, 0.1) is 28.8 Å². The average Bonchev–Trinajstić information content (AvgIpc) is 3.47. The van der Waals surface area contributed by atoms with E-state index in [0.29, 0.717) is 27.6 Å². The summed E-state index contributed by atoms with van der Waals surface area (Å²) in [6.45, 7) is 1.69. The first-order valence-electron chi connectivity index (χ1n) is 9.45. The van der Waals surface area contributed by atoms with Gasteiger partial charge in [-0.05, 0) is 48.2 Å². The van der Waals surface area contributed by atoms with Gasteiger partial charge in [0.2, 0.25) is 0 Å². The van der Waals surface area contributed by atoms with Crippen molar-refractivity contribution >= 4 is 50.0 Å². The molecule has 0 spiro atoms. The number of aromatic nitrogens is 1. The highest BCUT2D eigenvalue weighted by Gasteiger charge is 2.20. The van der Waals surface area contributed by atoms with Crippen LogP contribution in [0.25, 0.3) is 9.88 Å². The second-order valence-electron chi connectivity index (χ2n) is 6.75. The van der Waals surface area contributed by atoms with Gasteiger partial charge in [0.1, 0.15) is 15.6 Å². The molecule has 0 unspecified atom stereocenters. The molecular weight excluding hydrogens is 466 g/mol.